The quantitative estimate of drug-likeness (QED) is 0.394. The van der Waals surface area contributed by atoms with Crippen LogP contribution in [0.3, 0.4) is 0 Å². The van der Waals surface area contributed by atoms with Gasteiger partial charge in [0.1, 0.15) is 5.82 Å². The number of carbonyl (C=O) groups is 2. The molecule has 0 aliphatic heterocycles. The molecule has 2 N–H and O–H groups in total. The number of ketones is 1. The number of nitrogens with zero attached hydrogens (tertiary/aromatic N) is 2. The van der Waals surface area contributed by atoms with Gasteiger partial charge in [-0.1, -0.05) is 67.4 Å². The summed E-state index contributed by atoms with van der Waals surface area (Å²) < 4.78 is 6.85. The largest absolute Gasteiger partial charge is 0.465 e. The van der Waals surface area contributed by atoms with E-state index in [1.165, 1.54) is 7.11 Å². The van der Waals surface area contributed by atoms with Gasteiger partial charge < -0.3 is 15.0 Å². The Balaban J connectivity index is 1.85. The van der Waals surface area contributed by atoms with Crippen molar-refractivity contribution < 1.29 is 14.3 Å². The Hall–Kier alpha value is -2.96. The minimum absolute atomic E-state index is 0.232. The summed E-state index contributed by atoms with van der Waals surface area (Å²) in [5, 5.41) is 0.444. The average molecular weight is 440 g/mol. The molecule has 0 radical (unpaired) electrons. The van der Waals surface area contributed by atoms with Crippen LogP contribution in [-0.2, 0) is 24.2 Å². The van der Waals surface area contributed by atoms with Crippen LogP contribution in [0.25, 0.3) is 0 Å². The van der Waals surface area contributed by atoms with Crippen molar-refractivity contribution in [2.24, 2.45) is 5.73 Å². The summed E-state index contributed by atoms with van der Waals surface area (Å²) in [5.41, 5.74) is 8.76. The number of rotatable bonds is 9. The van der Waals surface area contributed by atoms with E-state index in [0.717, 1.165) is 36.3 Å². The molecule has 31 heavy (non-hydrogen) atoms. The van der Waals surface area contributed by atoms with E-state index in [0.29, 0.717) is 29.4 Å². The first kappa shape index (κ1) is 22.7. The number of methoxy groups -OCH3 is 1. The molecule has 6 nitrogen and oxygen atoms in total. The number of aromatic nitrogens is 2. The summed E-state index contributed by atoms with van der Waals surface area (Å²) >= 11 is 6.29. The minimum Gasteiger partial charge on any atom is -0.465 e. The average Bonchev–Trinajstić information content (AvgIpc) is 3.10. The third-order valence-corrected chi connectivity index (χ3v) is 5.49. The molecule has 0 bridgehead atoms. The summed E-state index contributed by atoms with van der Waals surface area (Å²) in [7, 11) is 1.30. The van der Waals surface area contributed by atoms with Crippen LogP contribution in [0.2, 0.25) is 5.15 Å². The number of carbonyl (C=O) groups excluding carboxylic acids is 2. The van der Waals surface area contributed by atoms with Gasteiger partial charge in [0.2, 0.25) is 0 Å². The van der Waals surface area contributed by atoms with E-state index in [-0.39, 0.29) is 11.3 Å². The maximum Gasteiger partial charge on any atom is 0.338 e. The number of halogens is 1. The van der Waals surface area contributed by atoms with Crippen molar-refractivity contribution in [3.05, 3.63) is 87.5 Å². The Morgan fingerprint density at radius 3 is 2.39 bits per heavy atom. The number of hydrogen-bond donors (Lipinski definition) is 1. The van der Waals surface area contributed by atoms with E-state index in [9.17, 15) is 9.59 Å². The monoisotopic (exact) mass is 439 g/mol. The van der Waals surface area contributed by atoms with Gasteiger partial charge in [-0.3, -0.25) is 4.79 Å². The van der Waals surface area contributed by atoms with Crippen LogP contribution in [0.4, 0.5) is 0 Å². The van der Waals surface area contributed by atoms with Crippen LogP contribution in [0.1, 0.15) is 63.1 Å². The molecule has 0 aliphatic rings. The SMILES string of the molecule is CCCCc1nc(Cl)c(CN)n1Cc1ccc(C(=O)c2ccccc2C(=O)OC)cc1. The van der Waals surface area contributed by atoms with E-state index < -0.39 is 5.97 Å². The molecule has 1 heterocycles. The lowest BCUT2D eigenvalue weighted by Crippen LogP contribution is -2.13. The predicted octanol–water partition coefficient (Wildman–Crippen LogP) is 4.40. The second-order valence-electron chi connectivity index (χ2n) is 7.22. The van der Waals surface area contributed by atoms with Crippen LogP contribution in [0.5, 0.6) is 0 Å². The molecular formula is C24H26ClN3O3. The zero-order valence-electron chi connectivity index (χ0n) is 17.7. The molecule has 7 heteroatoms. The Morgan fingerprint density at radius 1 is 1.10 bits per heavy atom. The Bertz CT molecular complexity index is 1070. The van der Waals surface area contributed by atoms with Gasteiger partial charge in [-0.05, 0) is 18.1 Å². The van der Waals surface area contributed by atoms with Crippen LogP contribution < -0.4 is 5.73 Å². The molecule has 0 saturated carbocycles. The number of hydrogen-bond acceptors (Lipinski definition) is 5. The second-order valence-corrected chi connectivity index (χ2v) is 7.58. The topological polar surface area (TPSA) is 87.2 Å². The number of imidazole rings is 1. The molecule has 162 valence electrons. The molecule has 0 amide bonds. The molecule has 0 unspecified atom stereocenters. The highest BCUT2D eigenvalue weighted by Gasteiger charge is 2.19. The fraction of sp³-hybridized carbons (Fsp3) is 0.292. The standard InChI is InChI=1S/C24H26ClN3O3/c1-3-4-9-21-27-23(25)20(14-26)28(21)15-16-10-12-17(13-11-16)22(29)18-7-5-6-8-19(18)24(30)31-2/h5-8,10-13H,3-4,9,14-15,26H2,1-2H3. The zero-order valence-corrected chi connectivity index (χ0v) is 18.5. The summed E-state index contributed by atoms with van der Waals surface area (Å²) in [6, 6.07) is 14.0. The fourth-order valence-electron chi connectivity index (χ4n) is 3.48. The summed E-state index contributed by atoms with van der Waals surface area (Å²) in [6.07, 6.45) is 2.91. The number of nitrogens with two attached hydrogens (primary N) is 1. The number of ether oxygens (including phenoxy) is 1. The third kappa shape index (κ3) is 5.03. The van der Waals surface area contributed by atoms with Crippen molar-refractivity contribution in [3.63, 3.8) is 0 Å². The Labute approximate surface area is 187 Å². The highest BCUT2D eigenvalue weighted by Crippen LogP contribution is 2.21. The lowest BCUT2D eigenvalue weighted by atomic mass is 9.97. The molecule has 3 rings (SSSR count). The molecule has 0 aliphatic carbocycles. The molecule has 0 saturated heterocycles. The van der Waals surface area contributed by atoms with E-state index in [4.69, 9.17) is 22.1 Å². The summed E-state index contributed by atoms with van der Waals surface area (Å²) in [4.78, 5) is 29.5. The van der Waals surface area contributed by atoms with Crippen molar-refractivity contribution in [1.82, 2.24) is 9.55 Å². The van der Waals surface area contributed by atoms with Crippen molar-refractivity contribution in [3.8, 4) is 0 Å². The fourth-order valence-corrected chi connectivity index (χ4v) is 3.76. The Morgan fingerprint density at radius 2 is 1.77 bits per heavy atom. The van der Waals surface area contributed by atoms with Gasteiger partial charge in [-0.25, -0.2) is 9.78 Å². The molecule has 1 aromatic heterocycles. The lowest BCUT2D eigenvalue weighted by molar-refractivity contribution is 0.0597. The molecule has 0 atom stereocenters. The number of esters is 1. The van der Waals surface area contributed by atoms with E-state index in [1.54, 1.807) is 36.4 Å². The highest BCUT2D eigenvalue weighted by atomic mass is 35.5. The first-order chi connectivity index (χ1) is 15.0. The van der Waals surface area contributed by atoms with Gasteiger partial charge in [0.25, 0.3) is 0 Å². The molecular weight excluding hydrogens is 414 g/mol. The smallest absolute Gasteiger partial charge is 0.338 e. The maximum atomic E-state index is 13.0. The highest BCUT2D eigenvalue weighted by molar-refractivity contribution is 6.30. The van der Waals surface area contributed by atoms with Gasteiger partial charge in [0.15, 0.2) is 10.9 Å². The second kappa shape index (κ2) is 10.4. The number of benzene rings is 2. The van der Waals surface area contributed by atoms with Crippen molar-refractivity contribution in [2.75, 3.05) is 7.11 Å². The predicted molar refractivity (Wildman–Crippen MR) is 120 cm³/mol. The first-order valence-electron chi connectivity index (χ1n) is 10.2. The third-order valence-electron chi connectivity index (χ3n) is 5.18. The lowest BCUT2D eigenvalue weighted by Gasteiger charge is -2.12. The maximum absolute atomic E-state index is 13.0. The van der Waals surface area contributed by atoms with Crippen LogP contribution in [0, 0.1) is 0 Å². The first-order valence-corrected chi connectivity index (χ1v) is 10.6. The van der Waals surface area contributed by atoms with Crippen molar-refractivity contribution in [1.29, 1.82) is 0 Å². The summed E-state index contributed by atoms with van der Waals surface area (Å²) in [5.74, 6) is 0.149. The normalized spacial score (nSPS) is 10.8. The van der Waals surface area contributed by atoms with E-state index in [1.807, 2.05) is 12.1 Å². The zero-order chi connectivity index (χ0) is 22.4. The van der Waals surface area contributed by atoms with Crippen molar-refractivity contribution >= 4 is 23.4 Å². The van der Waals surface area contributed by atoms with Crippen LogP contribution in [0.15, 0.2) is 48.5 Å². The van der Waals surface area contributed by atoms with Gasteiger partial charge in [0.05, 0.1) is 18.4 Å². The minimum atomic E-state index is -0.536. The molecule has 3 aromatic rings. The van der Waals surface area contributed by atoms with Gasteiger partial charge in [-0.2, -0.15) is 0 Å². The number of aryl methyl sites for hydroxylation is 1. The van der Waals surface area contributed by atoms with E-state index >= 15 is 0 Å². The van der Waals surface area contributed by atoms with Gasteiger partial charge >= 0.3 is 5.97 Å². The van der Waals surface area contributed by atoms with Crippen molar-refractivity contribution in [2.45, 2.75) is 39.3 Å². The molecule has 0 spiro atoms. The number of unbranched alkanes of at least 4 members (excludes halogenated alkanes) is 1. The summed E-state index contributed by atoms with van der Waals surface area (Å²) in [6.45, 7) is 3.00. The van der Waals surface area contributed by atoms with Crippen LogP contribution >= 0.6 is 11.6 Å². The molecule has 0 fully saturated rings. The van der Waals surface area contributed by atoms with Crippen LogP contribution in [-0.4, -0.2) is 28.4 Å². The van der Waals surface area contributed by atoms with Gasteiger partial charge in [0, 0.05) is 30.6 Å². The van der Waals surface area contributed by atoms with E-state index in [2.05, 4.69) is 16.5 Å². The Kier molecular flexibility index (Phi) is 7.60. The van der Waals surface area contributed by atoms with Gasteiger partial charge in [-0.15, -0.1) is 0 Å². The molecule has 2 aromatic carbocycles.